The first-order valence-corrected chi connectivity index (χ1v) is 11.6. The molecule has 7 heteroatoms. The first kappa shape index (κ1) is 21.4. The van der Waals surface area contributed by atoms with Gasteiger partial charge >= 0.3 is 0 Å². The largest absolute Gasteiger partial charge is 0.393 e. The number of nitrogens with two attached hydrogens (primary N) is 1. The molecule has 0 bridgehead atoms. The number of nitrogen functional groups attached to an aromatic ring is 1. The zero-order valence-electron chi connectivity index (χ0n) is 18.6. The monoisotopic (exact) mass is 436 g/mol. The Morgan fingerprint density at radius 1 is 1.19 bits per heavy atom. The summed E-state index contributed by atoms with van der Waals surface area (Å²) in [5, 5.41) is 12.7. The van der Waals surface area contributed by atoms with Crippen molar-refractivity contribution in [3.05, 3.63) is 47.7 Å². The molecule has 2 aliphatic heterocycles. The number of carbonyl (C=O) groups excluding carboxylic acids is 1. The van der Waals surface area contributed by atoms with Crippen molar-refractivity contribution in [1.29, 1.82) is 0 Å². The molecular formula is C25H32N4O3. The third kappa shape index (κ3) is 4.12. The van der Waals surface area contributed by atoms with Gasteiger partial charge in [0.2, 0.25) is 0 Å². The van der Waals surface area contributed by atoms with Crippen LogP contribution in [-0.2, 0) is 4.74 Å². The van der Waals surface area contributed by atoms with Gasteiger partial charge in [0, 0.05) is 42.3 Å². The molecule has 2 saturated heterocycles. The Hall–Kier alpha value is -2.48. The Bertz CT molecular complexity index is 973. The topological polar surface area (TPSA) is 101 Å². The predicted octanol–water partition coefficient (Wildman–Crippen LogP) is 2.76. The molecule has 2 aromatic rings. The van der Waals surface area contributed by atoms with Gasteiger partial charge in [-0.15, -0.1) is 0 Å². The number of hydrogen-bond acceptors (Lipinski definition) is 6. The molecule has 3 heterocycles. The smallest absolute Gasteiger partial charge is 0.255 e. The van der Waals surface area contributed by atoms with Gasteiger partial charge in [-0.3, -0.25) is 9.69 Å². The molecule has 5 rings (SSSR count). The second kappa shape index (κ2) is 8.46. The molecule has 1 aliphatic carbocycles. The molecule has 1 amide bonds. The molecule has 0 unspecified atom stereocenters. The maximum Gasteiger partial charge on any atom is 0.255 e. The SMILES string of the molecule is C[C@@H](c1ccc(-c2cnc(N)c(C(=O)N[C@H]3CC[C@H](O)CC3)c2)cc1)N1CC2(COC2)C1. The summed E-state index contributed by atoms with van der Waals surface area (Å²) in [6.45, 7) is 6.27. The first-order valence-electron chi connectivity index (χ1n) is 11.6. The minimum absolute atomic E-state index is 0.0712. The number of benzene rings is 1. The third-order valence-electron chi connectivity index (χ3n) is 7.36. The molecule has 4 N–H and O–H groups in total. The Balaban J connectivity index is 1.26. The number of rotatable bonds is 5. The van der Waals surface area contributed by atoms with Gasteiger partial charge in [0.25, 0.3) is 5.91 Å². The number of nitrogens with zero attached hydrogens (tertiary/aromatic N) is 2. The molecule has 7 nitrogen and oxygen atoms in total. The van der Waals surface area contributed by atoms with Crippen LogP contribution in [-0.4, -0.2) is 59.3 Å². The van der Waals surface area contributed by atoms with Crippen LogP contribution in [0.2, 0.25) is 0 Å². The second-order valence-electron chi connectivity index (χ2n) is 9.83. The number of amides is 1. The van der Waals surface area contributed by atoms with Crippen LogP contribution in [0.5, 0.6) is 0 Å². The minimum atomic E-state index is -0.252. The summed E-state index contributed by atoms with van der Waals surface area (Å²) in [7, 11) is 0. The van der Waals surface area contributed by atoms with Gasteiger partial charge in [0.1, 0.15) is 5.82 Å². The van der Waals surface area contributed by atoms with E-state index in [9.17, 15) is 9.90 Å². The fourth-order valence-electron chi connectivity index (χ4n) is 5.13. The van der Waals surface area contributed by atoms with Crippen molar-refractivity contribution in [2.45, 2.75) is 50.8 Å². The summed E-state index contributed by atoms with van der Waals surface area (Å²) >= 11 is 0. The summed E-state index contributed by atoms with van der Waals surface area (Å²) in [4.78, 5) is 19.6. The molecule has 32 heavy (non-hydrogen) atoms. The van der Waals surface area contributed by atoms with Gasteiger partial charge < -0.3 is 20.9 Å². The van der Waals surface area contributed by atoms with E-state index in [0.29, 0.717) is 17.0 Å². The van der Waals surface area contributed by atoms with Gasteiger partial charge in [0.05, 0.1) is 24.9 Å². The fourth-order valence-corrected chi connectivity index (χ4v) is 5.13. The number of nitrogens with one attached hydrogen (secondary N) is 1. The van der Waals surface area contributed by atoms with Crippen molar-refractivity contribution in [2.24, 2.45) is 5.41 Å². The molecule has 1 atom stereocenters. The maximum atomic E-state index is 12.8. The second-order valence-corrected chi connectivity index (χ2v) is 9.83. The van der Waals surface area contributed by atoms with Gasteiger partial charge in [0.15, 0.2) is 0 Å². The fraction of sp³-hybridized carbons (Fsp3) is 0.520. The summed E-state index contributed by atoms with van der Waals surface area (Å²) in [6.07, 6.45) is 4.47. The molecule has 170 valence electrons. The van der Waals surface area contributed by atoms with Crippen molar-refractivity contribution < 1.29 is 14.6 Å². The van der Waals surface area contributed by atoms with Crippen LogP contribution in [0.4, 0.5) is 5.82 Å². The van der Waals surface area contributed by atoms with Crippen LogP contribution < -0.4 is 11.1 Å². The number of anilines is 1. The number of carbonyl (C=O) groups is 1. The normalized spacial score (nSPS) is 25.6. The van der Waals surface area contributed by atoms with E-state index in [1.165, 1.54) is 5.56 Å². The Morgan fingerprint density at radius 3 is 2.50 bits per heavy atom. The van der Waals surface area contributed by atoms with E-state index in [1.54, 1.807) is 6.20 Å². The number of hydrogen-bond donors (Lipinski definition) is 3. The lowest BCUT2D eigenvalue weighted by Gasteiger charge is -2.57. The van der Waals surface area contributed by atoms with Gasteiger partial charge in [-0.1, -0.05) is 24.3 Å². The van der Waals surface area contributed by atoms with Crippen molar-refractivity contribution in [3.63, 3.8) is 0 Å². The van der Waals surface area contributed by atoms with Crippen LogP contribution in [0.15, 0.2) is 36.5 Å². The average molecular weight is 437 g/mol. The third-order valence-corrected chi connectivity index (χ3v) is 7.36. The summed E-state index contributed by atoms with van der Waals surface area (Å²) in [6, 6.07) is 10.8. The van der Waals surface area contributed by atoms with E-state index >= 15 is 0 Å². The molecular weight excluding hydrogens is 404 g/mol. The summed E-state index contributed by atoms with van der Waals surface area (Å²) in [5.41, 5.74) is 10.0. The van der Waals surface area contributed by atoms with Gasteiger partial charge in [-0.2, -0.15) is 0 Å². The van der Waals surface area contributed by atoms with Crippen molar-refractivity contribution in [1.82, 2.24) is 15.2 Å². The number of aliphatic hydroxyl groups is 1. The van der Waals surface area contributed by atoms with E-state index in [2.05, 4.69) is 46.4 Å². The zero-order valence-corrected chi connectivity index (χ0v) is 18.6. The van der Waals surface area contributed by atoms with E-state index in [0.717, 1.165) is 63.1 Å². The average Bonchev–Trinajstić information content (AvgIpc) is 2.74. The standard InChI is InChI=1S/C25H32N4O3/c1-16(29-12-25(13-29)14-32-15-25)17-2-4-18(5-3-17)19-10-22(23(26)27-11-19)24(31)28-20-6-8-21(30)9-7-20/h2-5,10-11,16,20-21,30H,6-9,12-15H2,1H3,(H2,26,27)(H,28,31)/t16-,20-,21-/m0/s1. The van der Waals surface area contributed by atoms with Crippen molar-refractivity contribution in [3.8, 4) is 11.1 Å². The molecule has 3 fully saturated rings. The molecule has 1 spiro atoms. The lowest BCUT2D eigenvalue weighted by molar-refractivity contribution is -0.197. The highest BCUT2D eigenvalue weighted by atomic mass is 16.5. The maximum absolute atomic E-state index is 12.8. The summed E-state index contributed by atoms with van der Waals surface area (Å²) in [5.74, 6) is 0.0363. The number of ether oxygens (including phenoxy) is 1. The molecule has 3 aliphatic rings. The molecule has 1 aromatic carbocycles. The number of aliphatic hydroxyl groups excluding tert-OH is 1. The zero-order chi connectivity index (χ0) is 22.3. The van der Waals surface area contributed by atoms with Crippen LogP contribution in [0, 0.1) is 5.41 Å². The van der Waals surface area contributed by atoms with E-state index in [4.69, 9.17) is 10.5 Å². The highest BCUT2D eigenvalue weighted by Crippen LogP contribution is 2.42. The number of pyridine rings is 1. The van der Waals surface area contributed by atoms with Crippen LogP contribution in [0.25, 0.3) is 11.1 Å². The lowest BCUT2D eigenvalue weighted by atomic mass is 9.76. The van der Waals surface area contributed by atoms with E-state index < -0.39 is 0 Å². The minimum Gasteiger partial charge on any atom is -0.393 e. The van der Waals surface area contributed by atoms with Crippen LogP contribution in [0.1, 0.15) is 54.6 Å². The lowest BCUT2D eigenvalue weighted by Crippen LogP contribution is -2.66. The quantitative estimate of drug-likeness (QED) is 0.666. The van der Waals surface area contributed by atoms with E-state index in [1.807, 2.05) is 6.07 Å². The van der Waals surface area contributed by atoms with Gasteiger partial charge in [-0.05, 0) is 49.8 Å². The van der Waals surface area contributed by atoms with Gasteiger partial charge in [-0.25, -0.2) is 4.98 Å². The Kier molecular flexibility index (Phi) is 5.65. The van der Waals surface area contributed by atoms with Crippen LogP contribution in [0.3, 0.4) is 0 Å². The van der Waals surface area contributed by atoms with Crippen molar-refractivity contribution >= 4 is 11.7 Å². The Morgan fingerprint density at radius 2 is 1.88 bits per heavy atom. The predicted molar refractivity (Wildman–Crippen MR) is 123 cm³/mol. The van der Waals surface area contributed by atoms with E-state index in [-0.39, 0.29) is 23.9 Å². The molecule has 1 aromatic heterocycles. The molecule has 1 saturated carbocycles. The molecule has 0 radical (unpaired) electrons. The van der Waals surface area contributed by atoms with Crippen molar-refractivity contribution in [2.75, 3.05) is 32.0 Å². The summed E-state index contributed by atoms with van der Waals surface area (Å²) < 4.78 is 5.38. The first-order chi connectivity index (χ1) is 15.4. The Labute approximate surface area is 189 Å². The van der Waals surface area contributed by atoms with Crippen LogP contribution >= 0.6 is 0 Å². The number of likely N-dealkylation sites (tertiary alicyclic amines) is 1. The highest BCUT2D eigenvalue weighted by molar-refractivity contribution is 5.99. The number of aromatic nitrogens is 1. The highest BCUT2D eigenvalue weighted by Gasteiger charge is 2.50.